The van der Waals surface area contributed by atoms with Crippen molar-refractivity contribution in [3.63, 3.8) is 0 Å². The van der Waals surface area contributed by atoms with Crippen LogP contribution < -0.4 is 5.56 Å². The minimum atomic E-state index is -0.0292. The van der Waals surface area contributed by atoms with Gasteiger partial charge in [-0.1, -0.05) is 67.9 Å². The maximum absolute atomic E-state index is 13.8. The van der Waals surface area contributed by atoms with E-state index in [1.807, 2.05) is 11.5 Å². The van der Waals surface area contributed by atoms with E-state index >= 15 is 0 Å². The van der Waals surface area contributed by atoms with E-state index in [0.717, 1.165) is 59.0 Å². The van der Waals surface area contributed by atoms with Gasteiger partial charge in [0.15, 0.2) is 5.16 Å². The van der Waals surface area contributed by atoms with Crippen LogP contribution in [0.1, 0.15) is 57.1 Å². The fourth-order valence-electron chi connectivity index (χ4n) is 4.76. The number of benzene rings is 1. The molecule has 4 rings (SSSR count). The van der Waals surface area contributed by atoms with Gasteiger partial charge < -0.3 is 0 Å². The highest BCUT2D eigenvalue weighted by Gasteiger charge is 2.44. The molecule has 2 aliphatic rings. The Bertz CT molecular complexity index is 938. The highest BCUT2D eigenvalue weighted by Crippen LogP contribution is 2.49. The number of aromatic nitrogens is 2. The van der Waals surface area contributed by atoms with Crippen LogP contribution in [-0.4, -0.2) is 15.3 Å². The molecule has 1 fully saturated rings. The molecule has 1 saturated carbocycles. The number of hydrogen-bond donors (Lipinski definition) is 0. The third-order valence-corrected chi connectivity index (χ3v) is 7.07. The quantitative estimate of drug-likeness (QED) is 0.398. The molecule has 0 N–H and O–H groups in total. The predicted octanol–water partition coefficient (Wildman–Crippen LogP) is 5.36. The second-order valence-corrected chi connectivity index (χ2v) is 9.20. The summed E-state index contributed by atoms with van der Waals surface area (Å²) in [5.74, 6) is 0.966. The second kappa shape index (κ2) is 7.31. The molecule has 0 amide bonds. The molecule has 2 aliphatic carbocycles. The van der Waals surface area contributed by atoms with Crippen LogP contribution in [-0.2, 0) is 18.4 Å². The maximum atomic E-state index is 13.8. The Morgan fingerprint density at radius 2 is 2.04 bits per heavy atom. The number of nitrogens with zero attached hydrogens (tertiary/aromatic N) is 2. The summed E-state index contributed by atoms with van der Waals surface area (Å²) >= 11 is 1.69. The summed E-state index contributed by atoms with van der Waals surface area (Å²) in [5.41, 5.74) is 5.55. The minimum absolute atomic E-state index is 0.0292. The molecule has 0 saturated heterocycles. The first kappa shape index (κ1) is 18.5. The van der Waals surface area contributed by atoms with Crippen LogP contribution >= 0.6 is 11.8 Å². The smallest absolute Gasteiger partial charge is 0.258 e. The molecule has 1 aromatic carbocycles. The van der Waals surface area contributed by atoms with E-state index in [0.29, 0.717) is 6.54 Å². The van der Waals surface area contributed by atoms with Gasteiger partial charge >= 0.3 is 0 Å². The Morgan fingerprint density at radius 3 is 2.74 bits per heavy atom. The molecule has 0 aliphatic heterocycles. The summed E-state index contributed by atoms with van der Waals surface area (Å²) in [5, 5.41) is 0.841. The van der Waals surface area contributed by atoms with Gasteiger partial charge in [0.2, 0.25) is 0 Å². The monoisotopic (exact) mass is 380 g/mol. The zero-order chi connectivity index (χ0) is 19.0. The fourth-order valence-corrected chi connectivity index (χ4v) is 5.60. The lowest BCUT2D eigenvalue weighted by Crippen LogP contribution is -2.40. The van der Waals surface area contributed by atoms with E-state index in [1.54, 1.807) is 11.8 Å². The zero-order valence-corrected chi connectivity index (χ0v) is 17.2. The summed E-state index contributed by atoms with van der Waals surface area (Å²) in [6, 6.07) is 8.54. The minimum Gasteiger partial charge on any atom is -0.283 e. The maximum Gasteiger partial charge on any atom is 0.258 e. The molecule has 0 atom stereocenters. The highest BCUT2D eigenvalue weighted by atomic mass is 32.2. The lowest BCUT2D eigenvalue weighted by molar-refractivity contribution is 0.417. The Balaban J connectivity index is 1.99. The molecule has 4 heteroatoms. The van der Waals surface area contributed by atoms with Gasteiger partial charge in [0.25, 0.3) is 5.56 Å². The molecule has 142 valence electrons. The zero-order valence-electron chi connectivity index (χ0n) is 16.4. The molecule has 27 heavy (non-hydrogen) atoms. The average molecular weight is 381 g/mol. The van der Waals surface area contributed by atoms with Crippen molar-refractivity contribution in [1.29, 1.82) is 0 Å². The molecular weight excluding hydrogens is 352 g/mol. The van der Waals surface area contributed by atoms with Crippen LogP contribution in [0.2, 0.25) is 0 Å². The molecule has 1 heterocycles. The van der Waals surface area contributed by atoms with Gasteiger partial charge in [-0.15, -0.1) is 0 Å². The second-order valence-electron chi connectivity index (χ2n) is 8.14. The van der Waals surface area contributed by atoms with Gasteiger partial charge in [-0.3, -0.25) is 9.36 Å². The van der Waals surface area contributed by atoms with Crippen LogP contribution in [0.15, 0.2) is 46.4 Å². The number of fused-ring (bicyclic) bond motifs is 4. The van der Waals surface area contributed by atoms with Gasteiger partial charge in [0.05, 0.1) is 11.3 Å². The summed E-state index contributed by atoms with van der Waals surface area (Å²) in [6.45, 7) is 8.76. The van der Waals surface area contributed by atoms with E-state index in [1.165, 1.54) is 18.4 Å². The largest absolute Gasteiger partial charge is 0.283 e. The topological polar surface area (TPSA) is 34.9 Å². The van der Waals surface area contributed by atoms with Crippen molar-refractivity contribution in [2.75, 3.05) is 5.75 Å². The van der Waals surface area contributed by atoms with Crippen molar-refractivity contribution in [2.45, 2.75) is 69.5 Å². The fraction of sp³-hybridized carbons (Fsp3) is 0.478. The van der Waals surface area contributed by atoms with Crippen molar-refractivity contribution in [1.82, 2.24) is 9.55 Å². The van der Waals surface area contributed by atoms with Crippen LogP contribution in [0, 0.1) is 0 Å². The number of allylic oxidation sites excluding steroid dienone is 1. The molecule has 0 unspecified atom stereocenters. The molecule has 0 bridgehead atoms. The van der Waals surface area contributed by atoms with Crippen LogP contribution in [0.4, 0.5) is 0 Å². The molecular formula is C23H28N2OS. The van der Waals surface area contributed by atoms with E-state index < -0.39 is 0 Å². The standard InChI is InChI=1S/C23H28N2OS/c1-4-13-27-22-24-20-18-10-6-5-9-17(18)14-23(11-7-8-12-23)19(20)21(26)25(22)15-16(2)3/h5-6,9-10H,2,4,7-8,11-15H2,1,3H3. The number of rotatable bonds is 5. The lowest BCUT2D eigenvalue weighted by Gasteiger charge is -2.36. The summed E-state index contributed by atoms with van der Waals surface area (Å²) in [6.07, 6.45) is 6.63. The molecule has 2 aromatic rings. The number of thioether (sulfide) groups is 1. The van der Waals surface area contributed by atoms with Gasteiger partial charge in [0, 0.05) is 23.3 Å². The first-order chi connectivity index (χ1) is 13.1. The molecule has 1 aromatic heterocycles. The lowest BCUT2D eigenvalue weighted by atomic mass is 9.68. The van der Waals surface area contributed by atoms with Crippen molar-refractivity contribution in [2.24, 2.45) is 0 Å². The van der Waals surface area contributed by atoms with Crippen LogP contribution in [0.5, 0.6) is 0 Å². The average Bonchev–Trinajstić information content (AvgIpc) is 3.10. The molecule has 1 spiro atoms. The Morgan fingerprint density at radius 1 is 1.30 bits per heavy atom. The normalized spacial score (nSPS) is 17.0. The molecule has 0 radical (unpaired) electrons. The van der Waals surface area contributed by atoms with Crippen molar-refractivity contribution in [3.8, 4) is 11.3 Å². The summed E-state index contributed by atoms with van der Waals surface area (Å²) in [4.78, 5) is 18.9. The van der Waals surface area contributed by atoms with E-state index in [2.05, 4.69) is 37.8 Å². The van der Waals surface area contributed by atoms with Gasteiger partial charge in [0.1, 0.15) is 0 Å². The van der Waals surface area contributed by atoms with Gasteiger partial charge in [-0.05, 0) is 38.2 Å². The van der Waals surface area contributed by atoms with E-state index in [4.69, 9.17) is 4.98 Å². The van der Waals surface area contributed by atoms with E-state index in [9.17, 15) is 4.79 Å². The van der Waals surface area contributed by atoms with Crippen LogP contribution in [0.25, 0.3) is 11.3 Å². The Kier molecular flexibility index (Phi) is 5.02. The summed E-state index contributed by atoms with van der Waals surface area (Å²) in [7, 11) is 0. The molecule has 3 nitrogen and oxygen atoms in total. The third kappa shape index (κ3) is 3.18. The summed E-state index contributed by atoms with van der Waals surface area (Å²) < 4.78 is 1.88. The first-order valence-electron chi connectivity index (χ1n) is 10.1. The predicted molar refractivity (Wildman–Crippen MR) is 114 cm³/mol. The van der Waals surface area contributed by atoms with Crippen molar-refractivity contribution in [3.05, 3.63) is 57.9 Å². The van der Waals surface area contributed by atoms with Gasteiger partial charge in [-0.2, -0.15) is 0 Å². The Hall–Kier alpha value is -1.81. The SMILES string of the molecule is C=C(C)Cn1c(SCCC)nc2c(c1=O)C1(CCCC1)Cc1ccccc1-2. The highest BCUT2D eigenvalue weighted by molar-refractivity contribution is 7.99. The van der Waals surface area contributed by atoms with Gasteiger partial charge in [-0.25, -0.2) is 4.98 Å². The Labute approximate surface area is 165 Å². The van der Waals surface area contributed by atoms with Crippen molar-refractivity contribution >= 4 is 11.8 Å². The van der Waals surface area contributed by atoms with Crippen molar-refractivity contribution < 1.29 is 0 Å². The van der Waals surface area contributed by atoms with E-state index in [-0.39, 0.29) is 11.0 Å². The first-order valence-corrected chi connectivity index (χ1v) is 11.0. The third-order valence-electron chi connectivity index (χ3n) is 5.89. The van der Waals surface area contributed by atoms with Crippen LogP contribution in [0.3, 0.4) is 0 Å². The number of hydrogen-bond acceptors (Lipinski definition) is 3.